The molecule has 0 amide bonds. The largest absolute Gasteiger partial charge is 0.468 e. The number of rotatable bonds is 1. The molecule has 0 bridgehead atoms. The highest BCUT2D eigenvalue weighted by Gasteiger charge is 1.87. The van der Waals surface area contributed by atoms with Crippen molar-refractivity contribution in [2.24, 2.45) is 11.7 Å². The number of hydrogen-bond donors (Lipinski definition) is 1. The van der Waals surface area contributed by atoms with Gasteiger partial charge in [-0.25, -0.2) is 0 Å². The standard InChI is InChI=1S/C4H10.C3H7NO2.C3H6/c1-4(2)3;1-6-3(5)2-4;1-3-2/h4H,1-3H3;2,4H2,1H3;3H,1H2,2H3. The van der Waals surface area contributed by atoms with Crippen LogP contribution in [-0.4, -0.2) is 19.6 Å². The first kappa shape index (κ1) is 18.1. The molecule has 3 heteroatoms. The molecule has 0 saturated heterocycles. The number of ether oxygens (including phenoxy) is 1. The summed E-state index contributed by atoms with van der Waals surface area (Å²) in [6.45, 7) is 11.7. The van der Waals surface area contributed by atoms with Gasteiger partial charge in [-0.3, -0.25) is 4.79 Å². The molecule has 0 heterocycles. The monoisotopic (exact) mass is 189 g/mol. The van der Waals surface area contributed by atoms with Gasteiger partial charge in [-0.05, 0) is 12.8 Å². The van der Waals surface area contributed by atoms with Gasteiger partial charge >= 0.3 is 5.97 Å². The molecule has 0 radical (unpaired) electrons. The molecule has 0 aliphatic carbocycles. The third kappa shape index (κ3) is 93.5. The lowest BCUT2D eigenvalue weighted by Gasteiger charge is -1.87. The number of esters is 1. The average molecular weight is 189 g/mol. The Morgan fingerprint density at radius 2 is 1.77 bits per heavy atom. The van der Waals surface area contributed by atoms with Gasteiger partial charge in [0.15, 0.2) is 0 Å². The van der Waals surface area contributed by atoms with E-state index in [0.29, 0.717) is 0 Å². The van der Waals surface area contributed by atoms with E-state index in [0.717, 1.165) is 5.92 Å². The van der Waals surface area contributed by atoms with Gasteiger partial charge in [0.1, 0.15) is 0 Å². The summed E-state index contributed by atoms with van der Waals surface area (Å²) >= 11 is 0. The molecule has 0 aromatic heterocycles. The fraction of sp³-hybridized carbons (Fsp3) is 0.700. The maximum absolute atomic E-state index is 9.83. The number of nitrogens with two attached hydrogens (primary N) is 1. The van der Waals surface area contributed by atoms with Crippen LogP contribution in [0.2, 0.25) is 0 Å². The quantitative estimate of drug-likeness (QED) is 0.507. The summed E-state index contributed by atoms with van der Waals surface area (Å²) in [6.07, 6.45) is 1.75. The normalized spacial score (nSPS) is 7.31. The average Bonchev–Trinajstić information content (AvgIpc) is 2.03. The second-order valence-corrected chi connectivity index (χ2v) is 2.92. The maximum Gasteiger partial charge on any atom is 0.319 e. The molecule has 0 spiro atoms. The Labute approximate surface area is 82.0 Å². The Morgan fingerprint density at radius 1 is 1.54 bits per heavy atom. The van der Waals surface area contributed by atoms with Gasteiger partial charge in [-0.2, -0.15) is 0 Å². The Bertz CT molecular complexity index is 103. The van der Waals surface area contributed by atoms with E-state index < -0.39 is 0 Å². The van der Waals surface area contributed by atoms with Crippen molar-refractivity contribution in [1.82, 2.24) is 0 Å². The predicted molar refractivity (Wildman–Crippen MR) is 57.5 cm³/mol. The lowest BCUT2D eigenvalue weighted by molar-refractivity contribution is -0.138. The molecule has 0 aliphatic heterocycles. The van der Waals surface area contributed by atoms with Crippen LogP contribution in [0.4, 0.5) is 0 Å². The highest BCUT2D eigenvalue weighted by molar-refractivity contribution is 5.70. The molecule has 0 aliphatic rings. The van der Waals surface area contributed by atoms with Gasteiger partial charge in [-0.15, -0.1) is 6.58 Å². The van der Waals surface area contributed by atoms with E-state index in [9.17, 15) is 4.79 Å². The minimum absolute atomic E-state index is 0.0312. The van der Waals surface area contributed by atoms with Crippen LogP contribution in [-0.2, 0) is 9.53 Å². The number of carbonyl (C=O) groups excluding carboxylic acids is 1. The van der Waals surface area contributed by atoms with E-state index >= 15 is 0 Å². The van der Waals surface area contributed by atoms with Crippen LogP contribution in [0, 0.1) is 5.92 Å². The summed E-state index contributed by atoms with van der Waals surface area (Å²) in [7, 11) is 1.30. The Balaban J connectivity index is -0.000000125. The molecule has 0 aromatic carbocycles. The van der Waals surface area contributed by atoms with Crippen LogP contribution in [0.3, 0.4) is 0 Å². The first-order chi connectivity index (χ1) is 5.95. The minimum Gasteiger partial charge on any atom is -0.468 e. The summed E-state index contributed by atoms with van der Waals surface area (Å²) in [5.41, 5.74) is 4.81. The SMILES string of the molecule is C=CC.CC(C)C.COC(=O)CN. The van der Waals surface area contributed by atoms with E-state index in [-0.39, 0.29) is 12.5 Å². The highest BCUT2D eigenvalue weighted by Crippen LogP contribution is 1.81. The Morgan fingerprint density at radius 3 is 1.77 bits per heavy atom. The number of allylic oxidation sites excluding steroid dienone is 1. The topological polar surface area (TPSA) is 52.3 Å². The maximum atomic E-state index is 9.83. The summed E-state index contributed by atoms with van der Waals surface area (Å²) in [5, 5.41) is 0. The first-order valence-corrected chi connectivity index (χ1v) is 4.30. The van der Waals surface area contributed by atoms with Gasteiger partial charge in [-0.1, -0.05) is 26.8 Å². The second-order valence-electron chi connectivity index (χ2n) is 2.92. The number of carbonyl (C=O) groups is 1. The van der Waals surface area contributed by atoms with Gasteiger partial charge in [0.2, 0.25) is 0 Å². The fourth-order valence-electron chi connectivity index (χ4n) is 0.0833. The van der Waals surface area contributed by atoms with Crippen LogP contribution in [0.15, 0.2) is 12.7 Å². The molecule has 80 valence electrons. The van der Waals surface area contributed by atoms with Crippen molar-refractivity contribution in [3.63, 3.8) is 0 Å². The van der Waals surface area contributed by atoms with E-state index in [1.54, 1.807) is 6.08 Å². The van der Waals surface area contributed by atoms with Crippen molar-refractivity contribution in [2.45, 2.75) is 27.7 Å². The number of methoxy groups -OCH3 is 1. The smallest absolute Gasteiger partial charge is 0.319 e. The molecule has 13 heavy (non-hydrogen) atoms. The summed E-state index contributed by atoms with van der Waals surface area (Å²) in [6, 6.07) is 0. The zero-order valence-corrected chi connectivity index (χ0v) is 9.46. The zero-order valence-electron chi connectivity index (χ0n) is 9.46. The molecule has 0 atom stereocenters. The second kappa shape index (κ2) is 17.3. The fourth-order valence-corrected chi connectivity index (χ4v) is 0.0833. The van der Waals surface area contributed by atoms with Crippen molar-refractivity contribution in [3.05, 3.63) is 12.7 Å². The third-order valence-corrected chi connectivity index (χ3v) is 0.394. The van der Waals surface area contributed by atoms with E-state index in [4.69, 9.17) is 5.73 Å². The molecular weight excluding hydrogens is 166 g/mol. The first-order valence-electron chi connectivity index (χ1n) is 4.30. The van der Waals surface area contributed by atoms with E-state index in [1.807, 2.05) is 6.92 Å². The van der Waals surface area contributed by atoms with E-state index in [2.05, 4.69) is 32.1 Å². The van der Waals surface area contributed by atoms with Crippen molar-refractivity contribution < 1.29 is 9.53 Å². The molecule has 0 unspecified atom stereocenters. The van der Waals surface area contributed by atoms with Crippen molar-refractivity contribution in [1.29, 1.82) is 0 Å². The molecule has 2 N–H and O–H groups in total. The van der Waals surface area contributed by atoms with Gasteiger partial charge in [0.25, 0.3) is 0 Å². The minimum atomic E-state index is -0.380. The molecule has 0 fully saturated rings. The molecule has 0 saturated carbocycles. The Hall–Kier alpha value is -0.830. The summed E-state index contributed by atoms with van der Waals surface area (Å²) < 4.78 is 4.14. The molecule has 0 aromatic rings. The van der Waals surface area contributed by atoms with Gasteiger partial charge in [0.05, 0.1) is 13.7 Å². The third-order valence-electron chi connectivity index (χ3n) is 0.394. The molecule has 0 rings (SSSR count). The van der Waals surface area contributed by atoms with Crippen LogP contribution in [0.1, 0.15) is 27.7 Å². The predicted octanol–water partition coefficient (Wildman–Crippen LogP) is 1.97. The summed E-state index contributed by atoms with van der Waals surface area (Å²) in [4.78, 5) is 9.83. The number of hydrogen-bond acceptors (Lipinski definition) is 3. The van der Waals surface area contributed by atoms with Crippen LogP contribution in [0.5, 0.6) is 0 Å². The van der Waals surface area contributed by atoms with Crippen LogP contribution < -0.4 is 5.73 Å². The lowest BCUT2D eigenvalue weighted by Crippen LogP contribution is -2.14. The Kier molecular flexibility index (Phi) is 24.0. The van der Waals surface area contributed by atoms with Crippen molar-refractivity contribution >= 4 is 5.97 Å². The summed E-state index contributed by atoms with van der Waals surface area (Å²) in [5.74, 6) is 0.454. The van der Waals surface area contributed by atoms with Crippen molar-refractivity contribution in [2.75, 3.05) is 13.7 Å². The highest BCUT2D eigenvalue weighted by atomic mass is 16.5. The lowest BCUT2D eigenvalue weighted by atomic mass is 10.3. The van der Waals surface area contributed by atoms with E-state index in [1.165, 1.54) is 7.11 Å². The molecular formula is C10H23NO2. The zero-order chi connectivity index (χ0) is 11.3. The van der Waals surface area contributed by atoms with Crippen LogP contribution >= 0.6 is 0 Å². The van der Waals surface area contributed by atoms with Crippen molar-refractivity contribution in [3.8, 4) is 0 Å². The van der Waals surface area contributed by atoms with Gasteiger partial charge in [0, 0.05) is 0 Å². The van der Waals surface area contributed by atoms with Crippen LogP contribution in [0.25, 0.3) is 0 Å². The molecule has 3 nitrogen and oxygen atoms in total. The van der Waals surface area contributed by atoms with Gasteiger partial charge < -0.3 is 10.5 Å².